The van der Waals surface area contributed by atoms with E-state index in [1.54, 1.807) is 0 Å². The molecule has 118 valence electrons. The molecule has 0 spiro atoms. The number of hydrogen-bond acceptors (Lipinski definition) is 4. The first-order chi connectivity index (χ1) is 9.33. The van der Waals surface area contributed by atoms with Crippen molar-refractivity contribution in [3.8, 4) is 0 Å². The van der Waals surface area contributed by atoms with Crippen molar-refractivity contribution in [2.75, 3.05) is 39.3 Å². The Hall–Kier alpha value is -0.230. The SMILES string of the molecule is CCCC(C(N)=S)N1CCN(CCOC(C)(C)C)CC1. The van der Waals surface area contributed by atoms with Gasteiger partial charge in [-0.15, -0.1) is 0 Å². The van der Waals surface area contributed by atoms with Gasteiger partial charge in [0.05, 0.1) is 23.2 Å². The number of hydrogen-bond donors (Lipinski definition) is 1. The van der Waals surface area contributed by atoms with Crippen molar-refractivity contribution < 1.29 is 4.74 Å². The second kappa shape index (κ2) is 8.27. The fourth-order valence-corrected chi connectivity index (χ4v) is 2.82. The maximum Gasteiger partial charge on any atom is 0.0902 e. The van der Waals surface area contributed by atoms with E-state index >= 15 is 0 Å². The third kappa shape index (κ3) is 6.48. The Balaban J connectivity index is 2.30. The molecule has 0 bridgehead atoms. The summed E-state index contributed by atoms with van der Waals surface area (Å²) in [4.78, 5) is 5.55. The molecule has 2 N–H and O–H groups in total. The molecule has 0 amide bonds. The molecule has 1 atom stereocenters. The van der Waals surface area contributed by atoms with Crippen LogP contribution in [0.1, 0.15) is 40.5 Å². The van der Waals surface area contributed by atoms with Crippen LogP contribution in [0.3, 0.4) is 0 Å². The summed E-state index contributed by atoms with van der Waals surface area (Å²) in [5, 5.41) is 0. The van der Waals surface area contributed by atoms with Crippen LogP contribution >= 0.6 is 12.2 Å². The summed E-state index contributed by atoms with van der Waals surface area (Å²) in [6, 6.07) is 0.281. The topological polar surface area (TPSA) is 41.7 Å². The van der Waals surface area contributed by atoms with Gasteiger partial charge < -0.3 is 10.5 Å². The first-order valence-electron chi connectivity index (χ1n) is 7.73. The lowest BCUT2D eigenvalue weighted by atomic mass is 10.1. The van der Waals surface area contributed by atoms with Gasteiger partial charge in [-0.3, -0.25) is 9.80 Å². The van der Waals surface area contributed by atoms with Crippen molar-refractivity contribution in [2.45, 2.75) is 52.2 Å². The van der Waals surface area contributed by atoms with Gasteiger partial charge in [-0.25, -0.2) is 0 Å². The highest BCUT2D eigenvalue weighted by Gasteiger charge is 2.25. The Labute approximate surface area is 129 Å². The summed E-state index contributed by atoms with van der Waals surface area (Å²) < 4.78 is 5.79. The molecule has 0 saturated carbocycles. The molecular formula is C15H31N3OS. The second-order valence-electron chi connectivity index (χ2n) is 6.55. The summed E-state index contributed by atoms with van der Waals surface area (Å²) >= 11 is 5.21. The molecule has 0 aromatic heterocycles. The predicted molar refractivity (Wildman–Crippen MR) is 89.2 cm³/mol. The van der Waals surface area contributed by atoms with E-state index in [0.717, 1.165) is 52.2 Å². The highest BCUT2D eigenvalue weighted by molar-refractivity contribution is 7.80. The van der Waals surface area contributed by atoms with E-state index in [1.165, 1.54) is 0 Å². The van der Waals surface area contributed by atoms with Crippen LogP contribution in [0.5, 0.6) is 0 Å². The highest BCUT2D eigenvalue weighted by atomic mass is 32.1. The van der Waals surface area contributed by atoms with Gasteiger partial charge in [-0.1, -0.05) is 25.6 Å². The number of thiocarbonyl (C=S) groups is 1. The second-order valence-corrected chi connectivity index (χ2v) is 7.02. The zero-order valence-corrected chi connectivity index (χ0v) is 14.3. The lowest BCUT2D eigenvalue weighted by molar-refractivity contribution is -0.0185. The molecule has 1 heterocycles. The van der Waals surface area contributed by atoms with Crippen LogP contribution in [0.2, 0.25) is 0 Å². The average Bonchev–Trinajstić information content (AvgIpc) is 2.35. The molecule has 5 heteroatoms. The van der Waals surface area contributed by atoms with Crippen LogP contribution < -0.4 is 5.73 Å². The minimum Gasteiger partial charge on any atom is -0.392 e. The Bertz CT molecular complexity index is 296. The van der Waals surface area contributed by atoms with E-state index in [1.807, 2.05) is 0 Å². The third-order valence-corrected chi connectivity index (χ3v) is 3.95. The fourth-order valence-electron chi connectivity index (χ4n) is 2.56. The summed E-state index contributed by atoms with van der Waals surface area (Å²) in [7, 11) is 0. The van der Waals surface area contributed by atoms with E-state index in [2.05, 4.69) is 37.5 Å². The van der Waals surface area contributed by atoms with Crippen molar-refractivity contribution in [2.24, 2.45) is 5.73 Å². The molecule has 0 radical (unpaired) electrons. The fraction of sp³-hybridized carbons (Fsp3) is 0.933. The lowest BCUT2D eigenvalue weighted by Crippen LogP contribution is -2.54. The first kappa shape index (κ1) is 17.8. The molecule has 0 aromatic rings. The van der Waals surface area contributed by atoms with Gasteiger partial charge in [-0.2, -0.15) is 0 Å². The van der Waals surface area contributed by atoms with Crippen LogP contribution in [0.4, 0.5) is 0 Å². The Morgan fingerprint density at radius 3 is 2.30 bits per heavy atom. The predicted octanol–water partition coefficient (Wildman–Crippen LogP) is 1.87. The van der Waals surface area contributed by atoms with Crippen molar-refractivity contribution in [3.63, 3.8) is 0 Å². The van der Waals surface area contributed by atoms with E-state index in [0.29, 0.717) is 4.99 Å². The Morgan fingerprint density at radius 1 is 1.25 bits per heavy atom. The van der Waals surface area contributed by atoms with Crippen molar-refractivity contribution >= 4 is 17.2 Å². The van der Waals surface area contributed by atoms with Crippen molar-refractivity contribution in [1.29, 1.82) is 0 Å². The van der Waals surface area contributed by atoms with Crippen LogP contribution in [0.25, 0.3) is 0 Å². The number of nitrogens with zero attached hydrogens (tertiary/aromatic N) is 2. The molecule has 0 aliphatic carbocycles. The van der Waals surface area contributed by atoms with Crippen molar-refractivity contribution in [1.82, 2.24) is 9.80 Å². The molecule has 20 heavy (non-hydrogen) atoms. The largest absolute Gasteiger partial charge is 0.392 e. The molecular weight excluding hydrogens is 270 g/mol. The number of nitrogens with two attached hydrogens (primary N) is 1. The molecule has 1 rings (SSSR count). The number of ether oxygens (including phenoxy) is 1. The number of piperazine rings is 1. The smallest absolute Gasteiger partial charge is 0.0902 e. The molecule has 1 fully saturated rings. The van der Waals surface area contributed by atoms with Gasteiger partial charge in [0.2, 0.25) is 0 Å². The third-order valence-electron chi connectivity index (χ3n) is 3.68. The first-order valence-corrected chi connectivity index (χ1v) is 8.14. The van der Waals surface area contributed by atoms with Gasteiger partial charge in [0.1, 0.15) is 0 Å². The molecule has 4 nitrogen and oxygen atoms in total. The van der Waals surface area contributed by atoms with Crippen LogP contribution in [0.15, 0.2) is 0 Å². The zero-order valence-electron chi connectivity index (χ0n) is 13.5. The van der Waals surface area contributed by atoms with Gasteiger partial charge >= 0.3 is 0 Å². The Morgan fingerprint density at radius 2 is 1.85 bits per heavy atom. The molecule has 0 aromatic carbocycles. The van der Waals surface area contributed by atoms with Gasteiger partial charge in [0.25, 0.3) is 0 Å². The summed E-state index contributed by atoms with van der Waals surface area (Å²) in [5.74, 6) is 0. The molecule has 1 aliphatic rings. The average molecular weight is 302 g/mol. The van der Waals surface area contributed by atoms with Crippen LogP contribution in [-0.4, -0.2) is 65.8 Å². The van der Waals surface area contributed by atoms with E-state index < -0.39 is 0 Å². The maximum atomic E-state index is 5.87. The van der Waals surface area contributed by atoms with Gasteiger partial charge in [0, 0.05) is 32.7 Å². The summed E-state index contributed by atoms with van der Waals surface area (Å²) in [6.45, 7) is 14.6. The molecule has 1 aliphatic heterocycles. The lowest BCUT2D eigenvalue weighted by Gasteiger charge is -2.39. The zero-order chi connectivity index (χ0) is 15.2. The highest BCUT2D eigenvalue weighted by Crippen LogP contribution is 2.12. The standard InChI is InChI=1S/C15H31N3OS/c1-5-6-13(14(16)20)18-9-7-17(8-10-18)11-12-19-15(2,3)4/h13H,5-12H2,1-4H3,(H2,16,20). The van der Waals surface area contributed by atoms with E-state index in [4.69, 9.17) is 22.7 Å². The molecule has 1 unspecified atom stereocenters. The van der Waals surface area contributed by atoms with Crippen LogP contribution in [0, 0.1) is 0 Å². The monoisotopic (exact) mass is 301 g/mol. The van der Waals surface area contributed by atoms with Gasteiger partial charge in [-0.05, 0) is 27.2 Å². The summed E-state index contributed by atoms with van der Waals surface area (Å²) in [5.41, 5.74) is 5.83. The Kier molecular flexibility index (Phi) is 7.37. The van der Waals surface area contributed by atoms with E-state index in [9.17, 15) is 0 Å². The number of rotatable bonds is 7. The van der Waals surface area contributed by atoms with E-state index in [-0.39, 0.29) is 11.6 Å². The molecule has 1 saturated heterocycles. The summed E-state index contributed by atoms with van der Waals surface area (Å²) in [6.07, 6.45) is 2.20. The maximum absolute atomic E-state index is 5.87. The minimum atomic E-state index is -0.0419. The van der Waals surface area contributed by atoms with Crippen LogP contribution in [-0.2, 0) is 4.74 Å². The normalized spacial score (nSPS) is 20.0. The van der Waals surface area contributed by atoms with Gasteiger partial charge in [0.15, 0.2) is 0 Å². The minimum absolute atomic E-state index is 0.0419. The quantitative estimate of drug-likeness (QED) is 0.727. The van der Waals surface area contributed by atoms with Crippen molar-refractivity contribution in [3.05, 3.63) is 0 Å².